The van der Waals surface area contributed by atoms with Gasteiger partial charge in [-0.25, -0.2) is 0 Å². The predicted octanol–water partition coefficient (Wildman–Crippen LogP) is 2.40. The van der Waals surface area contributed by atoms with Gasteiger partial charge in [-0.3, -0.25) is 4.98 Å². The Morgan fingerprint density at radius 2 is 2.23 bits per heavy atom. The van der Waals surface area contributed by atoms with Crippen molar-refractivity contribution in [3.63, 3.8) is 0 Å². The molecule has 2 nitrogen and oxygen atoms in total. The zero-order valence-electron chi connectivity index (χ0n) is 8.46. The van der Waals surface area contributed by atoms with E-state index >= 15 is 0 Å². The van der Waals surface area contributed by atoms with Crippen molar-refractivity contribution in [2.75, 3.05) is 7.05 Å². The molecule has 0 saturated heterocycles. The van der Waals surface area contributed by atoms with E-state index in [1.807, 2.05) is 19.3 Å². The maximum Gasteiger partial charge on any atom is 0.0435 e. The second-order valence-corrected chi connectivity index (χ2v) is 3.35. The first-order valence-corrected chi connectivity index (χ1v) is 4.48. The van der Waals surface area contributed by atoms with Gasteiger partial charge < -0.3 is 5.32 Å². The average Bonchev–Trinajstić information content (AvgIpc) is 2.17. The Balaban J connectivity index is 2.98. The highest BCUT2D eigenvalue weighted by Gasteiger charge is 2.02. The number of aromatic nitrogens is 1. The first-order chi connectivity index (χ1) is 6.15. The van der Waals surface area contributed by atoms with Gasteiger partial charge in [-0.1, -0.05) is 20.4 Å². The van der Waals surface area contributed by atoms with Crippen LogP contribution in [0.1, 0.15) is 31.0 Å². The smallest absolute Gasteiger partial charge is 0.0435 e. The zero-order chi connectivity index (χ0) is 9.84. The second kappa shape index (κ2) is 4.08. The standard InChI is InChI=1S/C11H16N2/c1-8(2)11-7-10(5-6-13-11)9(3)12-4/h5-8,12H,3H2,1-2,4H3. The molecule has 0 aliphatic rings. The van der Waals surface area contributed by atoms with Gasteiger partial charge in [-0.15, -0.1) is 0 Å². The van der Waals surface area contributed by atoms with Gasteiger partial charge >= 0.3 is 0 Å². The third kappa shape index (κ3) is 2.31. The van der Waals surface area contributed by atoms with Gasteiger partial charge in [0.25, 0.3) is 0 Å². The number of nitrogens with zero attached hydrogens (tertiary/aromatic N) is 1. The number of hydrogen-bond acceptors (Lipinski definition) is 2. The van der Waals surface area contributed by atoms with Gasteiger partial charge in [0.05, 0.1) is 0 Å². The number of rotatable bonds is 3. The second-order valence-electron chi connectivity index (χ2n) is 3.35. The summed E-state index contributed by atoms with van der Waals surface area (Å²) in [6.45, 7) is 8.17. The molecule has 1 aromatic heterocycles. The van der Waals surface area contributed by atoms with E-state index < -0.39 is 0 Å². The van der Waals surface area contributed by atoms with Crippen molar-refractivity contribution in [1.82, 2.24) is 10.3 Å². The van der Waals surface area contributed by atoms with E-state index in [1.54, 1.807) is 0 Å². The van der Waals surface area contributed by atoms with Gasteiger partial charge in [-0.2, -0.15) is 0 Å². The molecule has 0 unspecified atom stereocenters. The summed E-state index contributed by atoms with van der Waals surface area (Å²) >= 11 is 0. The normalized spacial score (nSPS) is 10.2. The molecule has 1 rings (SSSR count). The van der Waals surface area contributed by atoms with Crippen molar-refractivity contribution >= 4 is 5.70 Å². The number of nitrogens with one attached hydrogen (secondary N) is 1. The molecular weight excluding hydrogens is 160 g/mol. The highest BCUT2D eigenvalue weighted by molar-refractivity contribution is 5.61. The molecule has 0 amide bonds. The number of hydrogen-bond donors (Lipinski definition) is 1. The molecule has 1 N–H and O–H groups in total. The molecule has 0 saturated carbocycles. The van der Waals surface area contributed by atoms with Crippen molar-refractivity contribution < 1.29 is 0 Å². The van der Waals surface area contributed by atoms with Gasteiger partial charge in [0, 0.05) is 30.2 Å². The SMILES string of the molecule is C=C(NC)c1ccnc(C(C)C)c1. The maximum atomic E-state index is 4.29. The first kappa shape index (κ1) is 9.78. The molecule has 0 atom stereocenters. The average molecular weight is 176 g/mol. The predicted molar refractivity (Wildman–Crippen MR) is 56.4 cm³/mol. The van der Waals surface area contributed by atoms with Crippen molar-refractivity contribution in [2.24, 2.45) is 0 Å². The molecule has 1 heterocycles. The van der Waals surface area contributed by atoms with Crippen LogP contribution in [0.2, 0.25) is 0 Å². The molecule has 0 spiro atoms. The maximum absolute atomic E-state index is 4.29. The molecule has 0 bridgehead atoms. The molecule has 13 heavy (non-hydrogen) atoms. The molecule has 0 aliphatic heterocycles. The largest absolute Gasteiger partial charge is 0.388 e. The van der Waals surface area contributed by atoms with Gasteiger partial charge in [0.2, 0.25) is 0 Å². The summed E-state index contributed by atoms with van der Waals surface area (Å²) in [5.74, 6) is 0.463. The van der Waals surface area contributed by atoms with Crippen LogP contribution in [0.15, 0.2) is 24.9 Å². The van der Waals surface area contributed by atoms with E-state index in [1.165, 1.54) is 0 Å². The van der Waals surface area contributed by atoms with Crippen LogP contribution >= 0.6 is 0 Å². The van der Waals surface area contributed by atoms with Crippen LogP contribution in [-0.2, 0) is 0 Å². The van der Waals surface area contributed by atoms with E-state index in [0.29, 0.717) is 5.92 Å². The lowest BCUT2D eigenvalue weighted by Crippen LogP contribution is -2.04. The van der Waals surface area contributed by atoms with Gasteiger partial charge in [0.15, 0.2) is 0 Å². The Morgan fingerprint density at radius 1 is 1.54 bits per heavy atom. The Hall–Kier alpha value is -1.31. The fraction of sp³-hybridized carbons (Fsp3) is 0.364. The molecule has 0 aliphatic carbocycles. The lowest BCUT2D eigenvalue weighted by Gasteiger charge is -2.08. The minimum Gasteiger partial charge on any atom is -0.388 e. The lowest BCUT2D eigenvalue weighted by molar-refractivity contribution is 0.821. The van der Waals surface area contributed by atoms with Crippen LogP contribution in [0, 0.1) is 0 Å². The Labute approximate surface area is 79.7 Å². The molecule has 0 aromatic carbocycles. The van der Waals surface area contributed by atoms with E-state index in [4.69, 9.17) is 0 Å². The van der Waals surface area contributed by atoms with E-state index in [2.05, 4.69) is 36.8 Å². The van der Waals surface area contributed by atoms with Crippen molar-refractivity contribution in [2.45, 2.75) is 19.8 Å². The van der Waals surface area contributed by atoms with Crippen LogP contribution < -0.4 is 5.32 Å². The van der Waals surface area contributed by atoms with Crippen LogP contribution in [0.25, 0.3) is 5.70 Å². The zero-order valence-corrected chi connectivity index (χ0v) is 8.46. The van der Waals surface area contributed by atoms with Crippen molar-refractivity contribution in [3.05, 3.63) is 36.2 Å². The van der Waals surface area contributed by atoms with Crippen LogP contribution in [0.4, 0.5) is 0 Å². The quantitative estimate of drug-likeness (QED) is 0.765. The topological polar surface area (TPSA) is 24.9 Å². The molecule has 1 aromatic rings. The minimum atomic E-state index is 0.463. The van der Waals surface area contributed by atoms with Gasteiger partial charge in [-0.05, 0) is 18.1 Å². The summed E-state index contributed by atoms with van der Waals surface area (Å²) in [5.41, 5.74) is 3.15. The molecule has 0 fully saturated rings. The summed E-state index contributed by atoms with van der Waals surface area (Å²) in [5, 5.41) is 3.03. The third-order valence-corrected chi connectivity index (χ3v) is 2.02. The van der Waals surface area contributed by atoms with E-state index in [0.717, 1.165) is 17.0 Å². The molecule has 2 heteroatoms. The Morgan fingerprint density at radius 3 is 2.77 bits per heavy atom. The minimum absolute atomic E-state index is 0.463. The highest BCUT2D eigenvalue weighted by atomic mass is 14.8. The summed E-state index contributed by atoms with van der Waals surface area (Å²) < 4.78 is 0. The summed E-state index contributed by atoms with van der Waals surface area (Å²) in [6.07, 6.45) is 1.83. The Kier molecular flexibility index (Phi) is 3.07. The first-order valence-electron chi connectivity index (χ1n) is 4.48. The van der Waals surface area contributed by atoms with Crippen molar-refractivity contribution in [3.8, 4) is 0 Å². The van der Waals surface area contributed by atoms with E-state index in [9.17, 15) is 0 Å². The van der Waals surface area contributed by atoms with Crippen LogP contribution in [-0.4, -0.2) is 12.0 Å². The number of pyridine rings is 1. The summed E-state index contributed by atoms with van der Waals surface area (Å²) in [7, 11) is 1.87. The molecular formula is C11H16N2. The molecule has 70 valence electrons. The van der Waals surface area contributed by atoms with Crippen LogP contribution in [0.3, 0.4) is 0 Å². The highest BCUT2D eigenvalue weighted by Crippen LogP contribution is 2.15. The fourth-order valence-electron chi connectivity index (χ4n) is 1.10. The van der Waals surface area contributed by atoms with E-state index in [-0.39, 0.29) is 0 Å². The third-order valence-electron chi connectivity index (χ3n) is 2.02. The Bertz CT molecular complexity index is 303. The van der Waals surface area contributed by atoms with Crippen molar-refractivity contribution in [1.29, 1.82) is 0 Å². The molecule has 0 radical (unpaired) electrons. The van der Waals surface area contributed by atoms with Crippen LogP contribution in [0.5, 0.6) is 0 Å². The monoisotopic (exact) mass is 176 g/mol. The fourth-order valence-corrected chi connectivity index (χ4v) is 1.10. The lowest BCUT2D eigenvalue weighted by atomic mass is 10.1. The summed E-state index contributed by atoms with van der Waals surface area (Å²) in [4.78, 5) is 4.29. The van der Waals surface area contributed by atoms with Gasteiger partial charge in [0.1, 0.15) is 0 Å². The summed E-state index contributed by atoms with van der Waals surface area (Å²) in [6, 6.07) is 4.04.